The van der Waals surface area contributed by atoms with E-state index in [1.54, 1.807) is 6.08 Å². The van der Waals surface area contributed by atoms with Gasteiger partial charge in [0.05, 0.1) is 11.5 Å². The Morgan fingerprint density at radius 2 is 1.86 bits per heavy atom. The van der Waals surface area contributed by atoms with E-state index in [2.05, 4.69) is 17.2 Å². The van der Waals surface area contributed by atoms with Crippen molar-refractivity contribution in [2.45, 2.75) is 20.3 Å². The molecule has 29 heavy (non-hydrogen) atoms. The first-order chi connectivity index (χ1) is 13.8. The largest absolute Gasteiger partial charge is 0.483 e. The predicted molar refractivity (Wildman–Crippen MR) is 110 cm³/mol. The Kier molecular flexibility index (Phi) is 7.47. The van der Waals surface area contributed by atoms with Gasteiger partial charge in [0.15, 0.2) is 6.61 Å². The minimum Gasteiger partial charge on any atom is -0.483 e. The van der Waals surface area contributed by atoms with Gasteiger partial charge in [-0.05, 0) is 37.5 Å². The molecule has 0 aliphatic heterocycles. The number of hydrogen-bond acceptors (Lipinski definition) is 5. The predicted octanol–water partition coefficient (Wildman–Crippen LogP) is 3.07. The quantitative estimate of drug-likeness (QED) is 0.384. The summed E-state index contributed by atoms with van der Waals surface area (Å²) < 4.78 is 5.46. The molecular weight excluding hydrogens is 374 g/mol. The summed E-state index contributed by atoms with van der Waals surface area (Å²) in [5, 5.41) is 16.2. The Hall–Kier alpha value is -3.68. The number of amides is 2. The molecule has 0 unspecified atom stereocenters. The molecule has 2 N–H and O–H groups in total. The Morgan fingerprint density at radius 3 is 2.48 bits per heavy atom. The average Bonchev–Trinajstić information content (AvgIpc) is 2.68. The summed E-state index contributed by atoms with van der Waals surface area (Å²) in [6, 6.07) is 9.81. The molecule has 0 aromatic heterocycles. The van der Waals surface area contributed by atoms with Gasteiger partial charge in [-0.15, -0.1) is 6.58 Å². The zero-order valence-electron chi connectivity index (χ0n) is 16.4. The van der Waals surface area contributed by atoms with Crippen LogP contribution >= 0.6 is 0 Å². The number of allylic oxidation sites excluding steroid dienone is 1. The van der Waals surface area contributed by atoms with Crippen LogP contribution in [0.25, 0.3) is 0 Å². The lowest BCUT2D eigenvalue weighted by atomic mass is 10.1. The van der Waals surface area contributed by atoms with Crippen LogP contribution in [-0.4, -0.2) is 29.9 Å². The number of ether oxygens (including phenoxy) is 1. The molecule has 0 heterocycles. The molecule has 2 aromatic carbocycles. The Bertz CT molecular complexity index is 920. The van der Waals surface area contributed by atoms with Crippen LogP contribution in [0.1, 0.15) is 16.7 Å². The molecule has 8 heteroatoms. The molecule has 0 radical (unpaired) electrons. The van der Waals surface area contributed by atoms with Gasteiger partial charge in [0.25, 0.3) is 11.6 Å². The van der Waals surface area contributed by atoms with E-state index in [9.17, 15) is 19.7 Å². The Labute approximate surface area is 168 Å². The molecule has 0 saturated carbocycles. The third-order valence-corrected chi connectivity index (χ3v) is 4.17. The fraction of sp³-hybridized carbons (Fsp3) is 0.238. The maximum Gasteiger partial charge on any atom is 0.269 e. The number of para-hydroxylation sites is 1. The van der Waals surface area contributed by atoms with Crippen molar-refractivity contribution >= 4 is 23.2 Å². The lowest BCUT2D eigenvalue weighted by Gasteiger charge is -2.13. The Morgan fingerprint density at radius 1 is 1.17 bits per heavy atom. The van der Waals surface area contributed by atoms with Crippen LogP contribution in [0.4, 0.5) is 11.4 Å². The highest BCUT2D eigenvalue weighted by Gasteiger charge is 2.13. The number of anilines is 1. The second-order valence-electron chi connectivity index (χ2n) is 6.42. The molecule has 0 saturated heterocycles. The van der Waals surface area contributed by atoms with Crippen molar-refractivity contribution in [2.24, 2.45) is 0 Å². The van der Waals surface area contributed by atoms with Gasteiger partial charge in [-0.2, -0.15) is 0 Å². The summed E-state index contributed by atoms with van der Waals surface area (Å²) in [6.45, 7) is 6.87. The number of nitro groups is 1. The SMILES string of the molecule is C=CCc1cc([N+](=O)[O-])ccc1OCC(=O)NCC(=O)Nc1c(C)cccc1C. The highest BCUT2D eigenvalue weighted by atomic mass is 16.6. The zero-order chi connectivity index (χ0) is 21.4. The van der Waals surface area contributed by atoms with Gasteiger partial charge in [0.1, 0.15) is 5.75 Å². The van der Waals surface area contributed by atoms with Gasteiger partial charge in [0, 0.05) is 23.4 Å². The van der Waals surface area contributed by atoms with Crippen molar-refractivity contribution in [3.05, 3.63) is 75.9 Å². The third kappa shape index (κ3) is 6.17. The van der Waals surface area contributed by atoms with Crippen molar-refractivity contribution in [1.82, 2.24) is 5.32 Å². The lowest BCUT2D eigenvalue weighted by Crippen LogP contribution is -2.36. The second kappa shape index (κ2) is 10.0. The van der Waals surface area contributed by atoms with Crippen molar-refractivity contribution in [3.63, 3.8) is 0 Å². The maximum atomic E-state index is 12.1. The van der Waals surface area contributed by atoms with Gasteiger partial charge < -0.3 is 15.4 Å². The van der Waals surface area contributed by atoms with Gasteiger partial charge >= 0.3 is 0 Å². The number of carbonyl (C=O) groups excluding carboxylic acids is 2. The minimum atomic E-state index is -0.502. The molecule has 2 amide bonds. The number of nitro benzene ring substituents is 1. The summed E-state index contributed by atoms with van der Waals surface area (Å²) in [6.07, 6.45) is 1.95. The maximum absolute atomic E-state index is 12.1. The topological polar surface area (TPSA) is 111 Å². The highest BCUT2D eigenvalue weighted by molar-refractivity contribution is 5.95. The van der Waals surface area contributed by atoms with Crippen molar-refractivity contribution in [2.75, 3.05) is 18.5 Å². The number of non-ortho nitro benzene ring substituents is 1. The molecule has 0 spiro atoms. The van der Waals surface area contributed by atoms with Gasteiger partial charge in [-0.25, -0.2) is 0 Å². The number of aryl methyl sites for hydroxylation is 2. The van der Waals surface area contributed by atoms with Crippen LogP contribution < -0.4 is 15.4 Å². The summed E-state index contributed by atoms with van der Waals surface area (Å²) in [5.74, 6) is -0.478. The number of carbonyl (C=O) groups is 2. The number of nitrogens with one attached hydrogen (secondary N) is 2. The third-order valence-electron chi connectivity index (χ3n) is 4.17. The van der Waals surface area contributed by atoms with E-state index in [1.165, 1.54) is 18.2 Å². The van der Waals surface area contributed by atoms with Crippen LogP contribution in [0.15, 0.2) is 49.1 Å². The number of rotatable bonds is 9. The van der Waals surface area contributed by atoms with Crippen molar-refractivity contribution in [1.29, 1.82) is 0 Å². The number of benzene rings is 2. The Balaban J connectivity index is 1.89. The minimum absolute atomic E-state index is 0.0678. The van der Waals surface area contributed by atoms with Crippen LogP contribution in [0.2, 0.25) is 0 Å². The van der Waals surface area contributed by atoms with Gasteiger partial charge in [-0.3, -0.25) is 19.7 Å². The fourth-order valence-corrected chi connectivity index (χ4v) is 2.70. The first-order valence-corrected chi connectivity index (χ1v) is 8.95. The summed E-state index contributed by atoms with van der Waals surface area (Å²) in [5.41, 5.74) is 3.07. The number of nitrogens with zero attached hydrogens (tertiary/aromatic N) is 1. The molecule has 152 valence electrons. The highest BCUT2D eigenvalue weighted by Crippen LogP contribution is 2.25. The number of hydrogen-bond donors (Lipinski definition) is 2. The van der Waals surface area contributed by atoms with E-state index >= 15 is 0 Å². The molecule has 2 rings (SSSR count). The first-order valence-electron chi connectivity index (χ1n) is 8.95. The molecule has 0 bridgehead atoms. The monoisotopic (exact) mass is 397 g/mol. The second-order valence-corrected chi connectivity index (χ2v) is 6.42. The van der Waals surface area contributed by atoms with E-state index in [0.717, 1.165) is 16.8 Å². The zero-order valence-corrected chi connectivity index (χ0v) is 16.4. The summed E-state index contributed by atoms with van der Waals surface area (Å²) in [4.78, 5) is 34.5. The normalized spacial score (nSPS) is 10.1. The van der Waals surface area contributed by atoms with Crippen LogP contribution in [0.3, 0.4) is 0 Å². The summed E-state index contributed by atoms with van der Waals surface area (Å²) >= 11 is 0. The molecule has 0 atom stereocenters. The van der Waals surface area contributed by atoms with E-state index in [-0.39, 0.29) is 24.7 Å². The summed E-state index contributed by atoms with van der Waals surface area (Å²) in [7, 11) is 0. The van der Waals surface area contributed by atoms with Crippen molar-refractivity contribution in [3.8, 4) is 5.75 Å². The van der Waals surface area contributed by atoms with Crippen LogP contribution in [0.5, 0.6) is 5.75 Å². The van der Waals surface area contributed by atoms with Crippen LogP contribution in [-0.2, 0) is 16.0 Å². The van der Waals surface area contributed by atoms with Gasteiger partial charge in [-0.1, -0.05) is 24.3 Å². The fourth-order valence-electron chi connectivity index (χ4n) is 2.70. The molecule has 0 aliphatic carbocycles. The molecule has 8 nitrogen and oxygen atoms in total. The molecule has 0 aliphatic rings. The standard InChI is InChI=1S/C21H23N3O5/c1-4-6-16-11-17(24(27)28)9-10-18(16)29-13-20(26)22-12-19(25)23-21-14(2)7-5-8-15(21)3/h4-5,7-11H,1,6,12-13H2,2-3H3,(H,22,26)(H,23,25). The molecule has 0 fully saturated rings. The average molecular weight is 397 g/mol. The molecule has 2 aromatic rings. The lowest BCUT2D eigenvalue weighted by molar-refractivity contribution is -0.384. The van der Waals surface area contributed by atoms with E-state index in [1.807, 2.05) is 32.0 Å². The van der Waals surface area contributed by atoms with E-state index in [4.69, 9.17) is 4.74 Å². The first kappa shape index (κ1) is 21.6. The van der Waals surface area contributed by atoms with Gasteiger partial charge in [0.2, 0.25) is 5.91 Å². The smallest absolute Gasteiger partial charge is 0.269 e. The van der Waals surface area contributed by atoms with E-state index < -0.39 is 10.8 Å². The van der Waals surface area contributed by atoms with Crippen LogP contribution in [0, 0.1) is 24.0 Å². The molecular formula is C21H23N3O5. The van der Waals surface area contributed by atoms with E-state index in [0.29, 0.717) is 17.7 Å². The van der Waals surface area contributed by atoms with Crippen molar-refractivity contribution < 1.29 is 19.2 Å².